The standard InChI is InChI=1S/C15H24O3Si/c1-5-14-7-9-15(10-8-14)13-18-11-6-12-19(4,16-2)17-3/h5,7-10H,1,6,11-13H2,2-4H3. The highest BCUT2D eigenvalue weighted by Gasteiger charge is 2.27. The molecule has 0 aliphatic heterocycles. The molecule has 4 heteroatoms. The molecule has 106 valence electrons. The van der Waals surface area contributed by atoms with Crippen LogP contribution in [0.4, 0.5) is 0 Å². The molecule has 0 amide bonds. The molecule has 0 heterocycles. The van der Waals surface area contributed by atoms with Crippen molar-refractivity contribution in [3.8, 4) is 0 Å². The van der Waals surface area contributed by atoms with E-state index in [0.717, 1.165) is 24.6 Å². The van der Waals surface area contributed by atoms with Crippen molar-refractivity contribution in [2.75, 3.05) is 20.8 Å². The molecule has 3 nitrogen and oxygen atoms in total. The highest BCUT2D eigenvalue weighted by molar-refractivity contribution is 6.65. The van der Waals surface area contributed by atoms with Crippen LogP contribution in [-0.2, 0) is 20.2 Å². The van der Waals surface area contributed by atoms with E-state index in [2.05, 4.69) is 25.3 Å². The summed E-state index contributed by atoms with van der Waals surface area (Å²) in [6.07, 6.45) is 2.81. The molecular weight excluding hydrogens is 256 g/mol. The molecule has 0 saturated carbocycles. The Labute approximate surface area is 117 Å². The van der Waals surface area contributed by atoms with Crippen molar-refractivity contribution >= 4 is 14.6 Å². The lowest BCUT2D eigenvalue weighted by atomic mass is 10.1. The lowest BCUT2D eigenvalue weighted by Crippen LogP contribution is -2.36. The van der Waals surface area contributed by atoms with E-state index in [9.17, 15) is 0 Å². The SMILES string of the molecule is C=Cc1ccc(COCCC[Si](C)(OC)OC)cc1. The van der Waals surface area contributed by atoms with Gasteiger partial charge in [0, 0.05) is 20.8 Å². The first-order valence-corrected chi connectivity index (χ1v) is 9.05. The van der Waals surface area contributed by atoms with Crippen LogP contribution >= 0.6 is 0 Å². The Morgan fingerprint density at radius 2 is 1.79 bits per heavy atom. The van der Waals surface area contributed by atoms with Gasteiger partial charge in [-0.25, -0.2) is 0 Å². The summed E-state index contributed by atoms with van der Waals surface area (Å²) in [5.41, 5.74) is 2.31. The Bertz CT molecular complexity index is 371. The van der Waals surface area contributed by atoms with Gasteiger partial charge in [-0.3, -0.25) is 0 Å². The number of benzene rings is 1. The number of rotatable bonds is 9. The smallest absolute Gasteiger partial charge is 0.334 e. The van der Waals surface area contributed by atoms with E-state index in [0.29, 0.717) is 6.61 Å². The molecule has 0 radical (unpaired) electrons. The highest BCUT2D eigenvalue weighted by atomic mass is 28.4. The Morgan fingerprint density at radius 1 is 1.16 bits per heavy atom. The molecule has 1 aromatic rings. The quantitative estimate of drug-likeness (QED) is 0.511. The zero-order valence-electron chi connectivity index (χ0n) is 12.1. The van der Waals surface area contributed by atoms with Crippen LogP contribution in [0.1, 0.15) is 17.5 Å². The molecule has 1 rings (SSSR count). The zero-order chi connectivity index (χ0) is 14.1. The molecule has 0 spiro atoms. The Morgan fingerprint density at radius 3 is 2.32 bits per heavy atom. The Kier molecular flexibility index (Phi) is 7.01. The molecular formula is C15H24O3Si. The maximum absolute atomic E-state index is 5.66. The first-order chi connectivity index (χ1) is 9.13. The largest absolute Gasteiger partial charge is 0.398 e. The van der Waals surface area contributed by atoms with Gasteiger partial charge in [-0.05, 0) is 30.1 Å². The maximum Gasteiger partial charge on any atom is 0.334 e. The third kappa shape index (κ3) is 5.70. The Balaban J connectivity index is 2.21. The van der Waals surface area contributed by atoms with Gasteiger partial charge in [-0.1, -0.05) is 36.9 Å². The van der Waals surface area contributed by atoms with Crippen LogP contribution in [-0.4, -0.2) is 29.4 Å². The molecule has 0 bridgehead atoms. The second-order valence-electron chi connectivity index (χ2n) is 4.64. The van der Waals surface area contributed by atoms with Crippen LogP contribution < -0.4 is 0 Å². The average Bonchev–Trinajstić information content (AvgIpc) is 2.47. The fraction of sp³-hybridized carbons (Fsp3) is 0.467. The molecule has 0 aliphatic carbocycles. The van der Waals surface area contributed by atoms with Crippen molar-refractivity contribution in [3.63, 3.8) is 0 Å². The van der Waals surface area contributed by atoms with Crippen LogP contribution in [0.3, 0.4) is 0 Å². The van der Waals surface area contributed by atoms with E-state index in [1.54, 1.807) is 14.2 Å². The van der Waals surface area contributed by atoms with Crippen molar-refractivity contribution in [2.24, 2.45) is 0 Å². The monoisotopic (exact) mass is 280 g/mol. The van der Waals surface area contributed by atoms with Gasteiger partial charge in [0.25, 0.3) is 0 Å². The highest BCUT2D eigenvalue weighted by Crippen LogP contribution is 2.14. The summed E-state index contributed by atoms with van der Waals surface area (Å²) in [5.74, 6) is 0. The molecule has 0 atom stereocenters. The minimum Gasteiger partial charge on any atom is -0.398 e. The fourth-order valence-corrected chi connectivity index (χ4v) is 3.08. The van der Waals surface area contributed by atoms with Gasteiger partial charge in [0.05, 0.1) is 6.61 Å². The first kappa shape index (κ1) is 16.1. The number of hydrogen-bond acceptors (Lipinski definition) is 3. The van der Waals surface area contributed by atoms with Gasteiger partial charge >= 0.3 is 8.56 Å². The molecule has 0 unspecified atom stereocenters. The third-order valence-electron chi connectivity index (χ3n) is 3.27. The van der Waals surface area contributed by atoms with Crippen LogP contribution in [0.15, 0.2) is 30.8 Å². The van der Waals surface area contributed by atoms with E-state index >= 15 is 0 Å². The number of hydrogen-bond donors (Lipinski definition) is 0. The minimum atomic E-state index is -1.93. The van der Waals surface area contributed by atoms with Gasteiger partial charge in [0.1, 0.15) is 0 Å². The van der Waals surface area contributed by atoms with Crippen LogP contribution in [0, 0.1) is 0 Å². The van der Waals surface area contributed by atoms with E-state index < -0.39 is 8.56 Å². The van der Waals surface area contributed by atoms with E-state index in [-0.39, 0.29) is 0 Å². The predicted molar refractivity (Wildman–Crippen MR) is 81.2 cm³/mol. The molecule has 19 heavy (non-hydrogen) atoms. The molecule has 0 aliphatic rings. The lowest BCUT2D eigenvalue weighted by Gasteiger charge is -2.22. The van der Waals surface area contributed by atoms with Crippen molar-refractivity contribution in [3.05, 3.63) is 42.0 Å². The molecule has 0 saturated heterocycles. The van der Waals surface area contributed by atoms with Crippen molar-refractivity contribution in [1.29, 1.82) is 0 Å². The average molecular weight is 280 g/mol. The summed E-state index contributed by atoms with van der Waals surface area (Å²) in [6, 6.07) is 9.19. The van der Waals surface area contributed by atoms with Crippen molar-refractivity contribution < 1.29 is 13.6 Å². The number of ether oxygens (including phenoxy) is 1. The van der Waals surface area contributed by atoms with Crippen LogP contribution in [0.5, 0.6) is 0 Å². The summed E-state index contributed by atoms with van der Waals surface area (Å²) in [7, 11) is 1.51. The van der Waals surface area contributed by atoms with Gasteiger partial charge in [0.2, 0.25) is 0 Å². The maximum atomic E-state index is 5.66. The third-order valence-corrected chi connectivity index (χ3v) is 6.26. The van der Waals surface area contributed by atoms with Crippen molar-refractivity contribution in [1.82, 2.24) is 0 Å². The van der Waals surface area contributed by atoms with Gasteiger partial charge in [-0.2, -0.15) is 0 Å². The molecule has 0 fully saturated rings. The first-order valence-electron chi connectivity index (χ1n) is 6.53. The second kappa shape index (κ2) is 8.27. The topological polar surface area (TPSA) is 27.7 Å². The molecule has 0 N–H and O–H groups in total. The normalized spacial score (nSPS) is 11.5. The predicted octanol–water partition coefficient (Wildman–Crippen LogP) is 3.60. The van der Waals surface area contributed by atoms with Crippen molar-refractivity contribution in [2.45, 2.75) is 25.6 Å². The molecule has 1 aromatic carbocycles. The summed E-state index contributed by atoms with van der Waals surface area (Å²) in [5, 5.41) is 0. The van der Waals surface area contributed by atoms with Gasteiger partial charge in [-0.15, -0.1) is 0 Å². The molecule has 0 aromatic heterocycles. The van der Waals surface area contributed by atoms with Crippen LogP contribution in [0.25, 0.3) is 6.08 Å². The van der Waals surface area contributed by atoms with Gasteiger partial charge in [0.15, 0.2) is 0 Å². The summed E-state index contributed by atoms with van der Waals surface area (Å²) < 4.78 is 16.5. The zero-order valence-corrected chi connectivity index (χ0v) is 13.1. The fourth-order valence-electron chi connectivity index (χ4n) is 1.72. The van der Waals surface area contributed by atoms with E-state index in [1.807, 2.05) is 18.2 Å². The summed E-state index contributed by atoms with van der Waals surface area (Å²) >= 11 is 0. The summed E-state index contributed by atoms with van der Waals surface area (Å²) in [6.45, 7) is 7.19. The van der Waals surface area contributed by atoms with E-state index in [4.69, 9.17) is 13.6 Å². The summed E-state index contributed by atoms with van der Waals surface area (Å²) in [4.78, 5) is 0. The Hall–Kier alpha value is -0.943. The van der Waals surface area contributed by atoms with Gasteiger partial charge < -0.3 is 13.6 Å². The minimum absolute atomic E-state index is 0.648. The van der Waals surface area contributed by atoms with Crippen LogP contribution in [0.2, 0.25) is 12.6 Å². The second-order valence-corrected chi connectivity index (χ2v) is 8.23. The lowest BCUT2D eigenvalue weighted by molar-refractivity contribution is 0.118. The van der Waals surface area contributed by atoms with E-state index in [1.165, 1.54) is 5.56 Å².